The number of amides is 4. The van der Waals surface area contributed by atoms with Gasteiger partial charge in [0.05, 0.1) is 41.2 Å². The average molecular weight is 442 g/mol. The molecule has 0 unspecified atom stereocenters. The number of imide groups is 2. The summed E-state index contributed by atoms with van der Waals surface area (Å²) in [5.74, 6) is -0.000757. The molecule has 3 rings (SSSR count). The topological polar surface area (TPSA) is 113 Å². The van der Waals surface area contributed by atoms with Crippen LogP contribution in [0, 0.1) is 0 Å². The number of carbonyl (C=O) groups is 3. The summed E-state index contributed by atoms with van der Waals surface area (Å²) in [6.45, 7) is 0. The minimum atomic E-state index is -0.909. The van der Waals surface area contributed by atoms with Crippen LogP contribution in [0.5, 0.6) is 28.7 Å². The van der Waals surface area contributed by atoms with Crippen LogP contribution in [-0.2, 0) is 9.59 Å². The van der Waals surface area contributed by atoms with Gasteiger partial charge in [-0.3, -0.25) is 14.9 Å². The summed E-state index contributed by atoms with van der Waals surface area (Å²) in [5, 5.41) is 2.17. The smallest absolute Gasteiger partial charge is 0.336 e. The number of benzene rings is 2. The van der Waals surface area contributed by atoms with Gasteiger partial charge in [-0.1, -0.05) is 0 Å². The molecule has 1 aliphatic rings. The summed E-state index contributed by atoms with van der Waals surface area (Å²) in [6, 6.07) is 6.86. The fraction of sp³-hybridized carbons (Fsp3) is 0.227. The Labute approximate surface area is 184 Å². The number of anilines is 1. The summed E-state index contributed by atoms with van der Waals surface area (Å²) in [5.41, 5.74) is 0.270. The van der Waals surface area contributed by atoms with Crippen LogP contribution in [0.2, 0.25) is 0 Å². The van der Waals surface area contributed by atoms with Crippen LogP contribution in [0.25, 0.3) is 6.08 Å². The van der Waals surface area contributed by atoms with Crippen molar-refractivity contribution in [3.05, 3.63) is 41.5 Å². The third-order valence-electron chi connectivity index (χ3n) is 4.73. The maximum Gasteiger partial charge on any atom is 0.336 e. The Hall–Kier alpha value is -4.21. The number of ether oxygens (including phenoxy) is 5. The zero-order valence-electron chi connectivity index (χ0n) is 18.2. The van der Waals surface area contributed by atoms with E-state index in [2.05, 4.69) is 5.32 Å². The molecule has 4 amide bonds. The lowest BCUT2D eigenvalue weighted by Crippen LogP contribution is -2.54. The van der Waals surface area contributed by atoms with Crippen LogP contribution in [0.4, 0.5) is 10.5 Å². The van der Waals surface area contributed by atoms with Gasteiger partial charge in [-0.05, 0) is 35.9 Å². The van der Waals surface area contributed by atoms with E-state index < -0.39 is 17.8 Å². The van der Waals surface area contributed by atoms with Crippen molar-refractivity contribution in [2.75, 3.05) is 40.4 Å². The van der Waals surface area contributed by atoms with Crippen LogP contribution in [0.3, 0.4) is 0 Å². The maximum atomic E-state index is 13.2. The highest BCUT2D eigenvalue weighted by molar-refractivity contribution is 6.39. The second-order valence-corrected chi connectivity index (χ2v) is 6.45. The Morgan fingerprint density at radius 1 is 0.781 bits per heavy atom. The SMILES string of the molecule is COc1ccc(OC)c(N2C(=O)NC(=O)/C(=C\c3cc(OC)c(OC)c(OC)c3)C2=O)c1. The van der Waals surface area contributed by atoms with Crippen LogP contribution in [-0.4, -0.2) is 53.4 Å². The number of hydrogen-bond acceptors (Lipinski definition) is 8. The van der Waals surface area contributed by atoms with Crippen molar-refractivity contribution >= 4 is 29.6 Å². The molecule has 10 nitrogen and oxygen atoms in total. The van der Waals surface area contributed by atoms with Gasteiger partial charge < -0.3 is 23.7 Å². The Bertz CT molecular complexity index is 1080. The Morgan fingerprint density at radius 2 is 1.41 bits per heavy atom. The summed E-state index contributed by atoms with van der Waals surface area (Å²) in [4.78, 5) is 39.1. The van der Waals surface area contributed by atoms with Crippen molar-refractivity contribution < 1.29 is 38.1 Å². The fourth-order valence-electron chi connectivity index (χ4n) is 3.20. The number of rotatable bonds is 7. The van der Waals surface area contributed by atoms with Gasteiger partial charge in [-0.2, -0.15) is 0 Å². The first kappa shape index (κ1) is 22.5. The lowest BCUT2D eigenvalue weighted by Gasteiger charge is -2.27. The van der Waals surface area contributed by atoms with E-state index in [1.807, 2.05) is 0 Å². The van der Waals surface area contributed by atoms with Crippen molar-refractivity contribution in [2.45, 2.75) is 0 Å². The van der Waals surface area contributed by atoms with E-state index in [9.17, 15) is 14.4 Å². The number of methoxy groups -OCH3 is 5. The Morgan fingerprint density at radius 3 is 1.94 bits per heavy atom. The zero-order chi connectivity index (χ0) is 23.4. The monoisotopic (exact) mass is 442 g/mol. The van der Waals surface area contributed by atoms with Crippen molar-refractivity contribution in [3.8, 4) is 28.7 Å². The standard InChI is InChI=1S/C22H22N2O8/c1-28-13-6-7-16(29-2)15(11-13)24-21(26)14(20(25)23-22(24)27)8-12-9-17(30-3)19(32-5)18(10-12)31-4/h6-11H,1-5H3,(H,23,25,27)/b14-8+. The number of urea groups is 1. The highest BCUT2D eigenvalue weighted by Gasteiger charge is 2.38. The maximum absolute atomic E-state index is 13.2. The van der Waals surface area contributed by atoms with Gasteiger partial charge in [0.25, 0.3) is 11.8 Å². The van der Waals surface area contributed by atoms with Gasteiger partial charge in [0.15, 0.2) is 11.5 Å². The zero-order valence-corrected chi connectivity index (χ0v) is 18.2. The molecule has 0 spiro atoms. The quantitative estimate of drug-likeness (QED) is 0.514. The van der Waals surface area contributed by atoms with Crippen LogP contribution < -0.4 is 33.9 Å². The van der Waals surface area contributed by atoms with E-state index in [0.717, 1.165) is 4.90 Å². The number of nitrogens with zero attached hydrogens (tertiary/aromatic N) is 1. The minimum absolute atomic E-state index is 0.123. The largest absolute Gasteiger partial charge is 0.497 e. The molecule has 0 radical (unpaired) electrons. The van der Waals surface area contributed by atoms with E-state index in [1.165, 1.54) is 47.7 Å². The molecular weight excluding hydrogens is 420 g/mol. The molecule has 1 fully saturated rings. The van der Waals surface area contributed by atoms with Crippen LogP contribution in [0.15, 0.2) is 35.9 Å². The molecule has 0 saturated carbocycles. The molecule has 32 heavy (non-hydrogen) atoms. The Kier molecular flexibility index (Phi) is 6.53. The molecule has 1 aliphatic heterocycles. The second-order valence-electron chi connectivity index (χ2n) is 6.45. The van der Waals surface area contributed by atoms with Crippen molar-refractivity contribution in [1.29, 1.82) is 0 Å². The normalized spacial score (nSPS) is 14.8. The first-order valence-electron chi connectivity index (χ1n) is 9.32. The van der Waals surface area contributed by atoms with Gasteiger partial charge in [0.2, 0.25) is 5.75 Å². The molecule has 1 N–H and O–H groups in total. The lowest BCUT2D eigenvalue weighted by atomic mass is 10.1. The first-order chi connectivity index (χ1) is 15.4. The minimum Gasteiger partial charge on any atom is -0.497 e. The molecule has 0 aliphatic carbocycles. The Balaban J connectivity index is 2.11. The third-order valence-corrected chi connectivity index (χ3v) is 4.73. The summed E-state index contributed by atoms with van der Waals surface area (Å²) >= 11 is 0. The first-order valence-corrected chi connectivity index (χ1v) is 9.32. The summed E-state index contributed by atoms with van der Waals surface area (Å²) < 4.78 is 26.4. The molecule has 1 saturated heterocycles. The van der Waals surface area contributed by atoms with E-state index in [0.29, 0.717) is 28.6 Å². The molecule has 0 aromatic heterocycles. The van der Waals surface area contributed by atoms with Crippen molar-refractivity contribution in [3.63, 3.8) is 0 Å². The molecular formula is C22H22N2O8. The number of barbiturate groups is 1. The highest BCUT2D eigenvalue weighted by atomic mass is 16.5. The van der Waals surface area contributed by atoms with Gasteiger partial charge in [-0.25, -0.2) is 9.69 Å². The fourth-order valence-corrected chi connectivity index (χ4v) is 3.20. The van der Waals surface area contributed by atoms with Crippen LogP contribution in [0.1, 0.15) is 5.56 Å². The van der Waals surface area contributed by atoms with Gasteiger partial charge in [-0.15, -0.1) is 0 Å². The van der Waals surface area contributed by atoms with E-state index in [-0.39, 0.29) is 17.0 Å². The molecule has 2 aromatic carbocycles. The van der Waals surface area contributed by atoms with Crippen molar-refractivity contribution in [1.82, 2.24) is 5.32 Å². The van der Waals surface area contributed by atoms with Crippen LogP contribution >= 0.6 is 0 Å². The molecule has 0 bridgehead atoms. The van der Waals surface area contributed by atoms with Crippen molar-refractivity contribution in [2.24, 2.45) is 0 Å². The number of nitrogens with one attached hydrogen (secondary N) is 1. The molecule has 0 atom stereocenters. The summed E-state index contributed by atoms with van der Waals surface area (Å²) in [7, 11) is 7.20. The average Bonchev–Trinajstić information content (AvgIpc) is 2.80. The molecule has 10 heteroatoms. The van der Waals surface area contributed by atoms with E-state index in [4.69, 9.17) is 23.7 Å². The lowest BCUT2D eigenvalue weighted by molar-refractivity contribution is -0.122. The van der Waals surface area contributed by atoms with Gasteiger partial charge in [0, 0.05) is 6.07 Å². The molecule has 1 heterocycles. The van der Waals surface area contributed by atoms with Gasteiger partial charge >= 0.3 is 6.03 Å². The highest BCUT2D eigenvalue weighted by Crippen LogP contribution is 2.39. The summed E-state index contributed by atoms with van der Waals surface area (Å²) in [6.07, 6.45) is 1.33. The number of carbonyl (C=O) groups excluding carboxylic acids is 3. The van der Waals surface area contributed by atoms with E-state index >= 15 is 0 Å². The van der Waals surface area contributed by atoms with E-state index in [1.54, 1.807) is 24.3 Å². The number of hydrogen-bond donors (Lipinski definition) is 1. The third kappa shape index (κ3) is 4.02. The molecule has 168 valence electrons. The predicted octanol–water partition coefficient (Wildman–Crippen LogP) is 2.40. The second kappa shape index (κ2) is 9.29. The molecule has 2 aromatic rings. The van der Waals surface area contributed by atoms with Gasteiger partial charge in [0.1, 0.15) is 17.1 Å². The predicted molar refractivity (Wildman–Crippen MR) is 115 cm³/mol.